The van der Waals surface area contributed by atoms with Crippen LogP contribution < -0.4 is 10.1 Å². The molecule has 0 radical (unpaired) electrons. The first kappa shape index (κ1) is 18.2. The van der Waals surface area contributed by atoms with E-state index in [2.05, 4.69) is 5.32 Å². The maximum atomic E-state index is 7.91. The third-order valence-electron chi connectivity index (χ3n) is 6.34. The SMILES string of the molecule is COc1ccc(-c2c(C)nn3c(NC4CCCC4)c4c(nc23)CCC4)c(C=N)c1. The van der Waals surface area contributed by atoms with E-state index in [1.54, 1.807) is 7.11 Å². The second-order valence-electron chi connectivity index (χ2n) is 8.16. The van der Waals surface area contributed by atoms with Crippen LogP contribution in [0.4, 0.5) is 5.82 Å². The van der Waals surface area contributed by atoms with Gasteiger partial charge in [0.1, 0.15) is 11.6 Å². The van der Waals surface area contributed by atoms with Crippen molar-refractivity contribution in [3.05, 3.63) is 40.7 Å². The van der Waals surface area contributed by atoms with Gasteiger partial charge in [-0.05, 0) is 62.8 Å². The second-order valence-corrected chi connectivity index (χ2v) is 8.16. The predicted octanol–water partition coefficient (Wildman–Crippen LogP) is 4.55. The molecule has 6 heteroatoms. The van der Waals surface area contributed by atoms with E-state index in [1.165, 1.54) is 43.2 Å². The quantitative estimate of drug-likeness (QED) is 0.628. The summed E-state index contributed by atoms with van der Waals surface area (Å²) in [7, 11) is 1.65. The van der Waals surface area contributed by atoms with E-state index in [0.717, 1.165) is 58.9 Å². The molecular formula is C23H27N5O. The molecule has 6 nitrogen and oxygen atoms in total. The Labute approximate surface area is 170 Å². The molecule has 1 fully saturated rings. The minimum Gasteiger partial charge on any atom is -0.497 e. The Hall–Kier alpha value is -2.89. The van der Waals surface area contributed by atoms with Crippen molar-refractivity contribution in [1.82, 2.24) is 14.6 Å². The van der Waals surface area contributed by atoms with Crippen LogP contribution in [-0.2, 0) is 12.8 Å². The van der Waals surface area contributed by atoms with Gasteiger partial charge in [-0.15, -0.1) is 0 Å². The number of aryl methyl sites for hydroxylation is 2. The highest BCUT2D eigenvalue weighted by Gasteiger charge is 2.26. The molecule has 3 aromatic rings. The van der Waals surface area contributed by atoms with E-state index < -0.39 is 0 Å². The van der Waals surface area contributed by atoms with Crippen molar-refractivity contribution >= 4 is 17.7 Å². The van der Waals surface area contributed by atoms with Gasteiger partial charge in [0.15, 0.2) is 5.65 Å². The Balaban J connectivity index is 1.72. The van der Waals surface area contributed by atoms with E-state index in [9.17, 15) is 0 Å². The highest BCUT2D eigenvalue weighted by atomic mass is 16.5. The van der Waals surface area contributed by atoms with E-state index in [-0.39, 0.29) is 0 Å². The number of anilines is 1. The van der Waals surface area contributed by atoms with Gasteiger partial charge in [0.05, 0.1) is 18.4 Å². The summed E-state index contributed by atoms with van der Waals surface area (Å²) in [6.07, 6.45) is 9.66. The second kappa shape index (κ2) is 7.17. The average Bonchev–Trinajstić information content (AvgIpc) is 3.47. The van der Waals surface area contributed by atoms with Gasteiger partial charge in [0.2, 0.25) is 0 Å². The molecule has 2 aromatic heterocycles. The molecule has 2 aliphatic carbocycles. The first-order valence-corrected chi connectivity index (χ1v) is 10.6. The van der Waals surface area contributed by atoms with Crippen molar-refractivity contribution in [2.45, 2.75) is 57.9 Å². The van der Waals surface area contributed by atoms with E-state index in [4.69, 9.17) is 20.2 Å². The lowest BCUT2D eigenvalue weighted by Crippen LogP contribution is -2.19. The number of rotatable bonds is 5. The number of benzene rings is 1. The summed E-state index contributed by atoms with van der Waals surface area (Å²) >= 11 is 0. The van der Waals surface area contributed by atoms with Crippen LogP contribution in [0.5, 0.6) is 5.75 Å². The molecule has 150 valence electrons. The van der Waals surface area contributed by atoms with Crippen molar-refractivity contribution in [2.24, 2.45) is 0 Å². The summed E-state index contributed by atoms with van der Waals surface area (Å²) < 4.78 is 7.37. The van der Waals surface area contributed by atoms with Crippen LogP contribution in [0.15, 0.2) is 18.2 Å². The molecule has 0 saturated heterocycles. The van der Waals surface area contributed by atoms with Gasteiger partial charge in [0, 0.05) is 29.1 Å². The topological polar surface area (TPSA) is 75.3 Å². The summed E-state index contributed by atoms with van der Waals surface area (Å²) in [6.45, 7) is 2.03. The number of aromatic nitrogens is 3. The standard InChI is InChI=1S/C23H27N5O/c1-14-21(18-11-10-17(29-2)12-15(18)13-24)23-26-20-9-5-8-19(20)22(28(23)27-14)25-16-6-3-4-7-16/h10-13,16,24-25H,3-9H2,1-2H3. The largest absolute Gasteiger partial charge is 0.497 e. The Morgan fingerprint density at radius 1 is 1.21 bits per heavy atom. The van der Waals surface area contributed by atoms with Crippen LogP contribution in [0.3, 0.4) is 0 Å². The molecule has 0 aliphatic heterocycles. The van der Waals surface area contributed by atoms with Crippen LogP contribution in [0.25, 0.3) is 16.8 Å². The Morgan fingerprint density at radius 3 is 2.79 bits per heavy atom. The van der Waals surface area contributed by atoms with E-state index in [1.807, 2.05) is 29.6 Å². The number of nitrogens with one attached hydrogen (secondary N) is 2. The summed E-state index contributed by atoms with van der Waals surface area (Å²) in [4.78, 5) is 5.06. The number of hydrogen-bond donors (Lipinski definition) is 2. The first-order chi connectivity index (χ1) is 14.2. The summed E-state index contributed by atoms with van der Waals surface area (Å²) in [5.74, 6) is 1.88. The van der Waals surface area contributed by atoms with Crippen molar-refractivity contribution in [1.29, 1.82) is 5.41 Å². The minimum atomic E-state index is 0.524. The third kappa shape index (κ3) is 2.98. The maximum absolute atomic E-state index is 7.91. The van der Waals surface area contributed by atoms with Gasteiger partial charge in [-0.25, -0.2) is 4.98 Å². The molecule has 0 atom stereocenters. The monoisotopic (exact) mass is 389 g/mol. The first-order valence-electron chi connectivity index (χ1n) is 10.6. The highest BCUT2D eigenvalue weighted by Crippen LogP contribution is 2.37. The molecule has 1 saturated carbocycles. The third-order valence-corrected chi connectivity index (χ3v) is 6.34. The van der Waals surface area contributed by atoms with Crippen molar-refractivity contribution in [3.63, 3.8) is 0 Å². The van der Waals surface area contributed by atoms with Crippen LogP contribution >= 0.6 is 0 Å². The lowest BCUT2D eigenvalue weighted by Gasteiger charge is -2.18. The van der Waals surface area contributed by atoms with Crippen molar-refractivity contribution in [2.75, 3.05) is 12.4 Å². The number of methoxy groups -OCH3 is 1. The van der Waals surface area contributed by atoms with Crippen molar-refractivity contribution < 1.29 is 4.74 Å². The average molecular weight is 390 g/mol. The minimum absolute atomic E-state index is 0.524. The zero-order valence-corrected chi connectivity index (χ0v) is 17.1. The van der Waals surface area contributed by atoms with Gasteiger partial charge in [-0.3, -0.25) is 0 Å². The molecule has 2 heterocycles. The Morgan fingerprint density at radius 2 is 2.03 bits per heavy atom. The van der Waals surface area contributed by atoms with E-state index >= 15 is 0 Å². The normalized spacial score (nSPS) is 16.3. The zero-order valence-electron chi connectivity index (χ0n) is 17.1. The van der Waals surface area contributed by atoms with Gasteiger partial charge in [-0.2, -0.15) is 9.61 Å². The molecule has 29 heavy (non-hydrogen) atoms. The number of ether oxygens (including phenoxy) is 1. The summed E-state index contributed by atoms with van der Waals surface area (Å²) in [6, 6.07) is 6.38. The number of fused-ring (bicyclic) bond motifs is 2. The van der Waals surface area contributed by atoms with Gasteiger partial charge in [0.25, 0.3) is 0 Å². The van der Waals surface area contributed by atoms with Gasteiger partial charge >= 0.3 is 0 Å². The fourth-order valence-electron chi connectivity index (χ4n) is 4.88. The fraction of sp³-hybridized carbons (Fsp3) is 0.435. The van der Waals surface area contributed by atoms with Gasteiger partial charge in [-0.1, -0.05) is 12.8 Å². The number of hydrogen-bond acceptors (Lipinski definition) is 5. The van der Waals surface area contributed by atoms with Crippen LogP contribution in [0.1, 0.15) is 54.6 Å². The smallest absolute Gasteiger partial charge is 0.165 e. The fourth-order valence-corrected chi connectivity index (χ4v) is 4.88. The molecule has 2 N–H and O–H groups in total. The van der Waals surface area contributed by atoms with Gasteiger partial charge < -0.3 is 15.5 Å². The molecule has 1 aromatic carbocycles. The van der Waals surface area contributed by atoms with Crippen LogP contribution in [0.2, 0.25) is 0 Å². The predicted molar refractivity (Wildman–Crippen MR) is 116 cm³/mol. The molecule has 0 spiro atoms. The lowest BCUT2D eigenvalue weighted by molar-refractivity contribution is 0.415. The van der Waals surface area contributed by atoms with Crippen molar-refractivity contribution in [3.8, 4) is 16.9 Å². The summed E-state index contributed by atoms with van der Waals surface area (Å²) in [5, 5.41) is 16.6. The molecule has 0 unspecified atom stereocenters. The van der Waals surface area contributed by atoms with E-state index in [0.29, 0.717) is 6.04 Å². The molecular weight excluding hydrogens is 362 g/mol. The maximum Gasteiger partial charge on any atom is 0.165 e. The molecule has 2 aliphatic rings. The Bertz CT molecular complexity index is 1090. The lowest BCUT2D eigenvalue weighted by atomic mass is 10.00. The highest BCUT2D eigenvalue weighted by molar-refractivity contribution is 5.94. The molecule has 0 bridgehead atoms. The Kier molecular flexibility index (Phi) is 4.49. The molecule has 5 rings (SSSR count). The zero-order chi connectivity index (χ0) is 20.0. The van der Waals surface area contributed by atoms with Crippen LogP contribution in [0, 0.1) is 12.3 Å². The number of nitrogens with zero attached hydrogens (tertiary/aromatic N) is 3. The van der Waals surface area contributed by atoms with Crippen LogP contribution in [-0.4, -0.2) is 34.0 Å². The molecule has 0 amide bonds. The summed E-state index contributed by atoms with van der Waals surface area (Å²) in [5.41, 5.74) is 7.15.